The summed E-state index contributed by atoms with van der Waals surface area (Å²) >= 11 is 0. The average molecular weight is 1580 g/mol. The lowest BCUT2D eigenvalue weighted by atomic mass is 10.1. The molecule has 2 fully saturated rings. The van der Waals surface area contributed by atoms with Crippen LogP contribution < -0.4 is 37.8 Å². The Hall–Kier alpha value is -9.25. The van der Waals surface area contributed by atoms with E-state index in [9.17, 15) is 0 Å². The summed E-state index contributed by atoms with van der Waals surface area (Å²) in [6, 6.07) is 21.9. The van der Waals surface area contributed by atoms with Crippen LogP contribution in [0.5, 0.6) is 0 Å². The van der Waals surface area contributed by atoms with Crippen LogP contribution in [0.2, 0.25) is 0 Å². The van der Waals surface area contributed by atoms with Crippen LogP contribution in [0.1, 0.15) is 201 Å². The first-order valence-electron chi connectivity index (χ1n) is 42.6. The van der Waals surface area contributed by atoms with Crippen molar-refractivity contribution in [2.45, 2.75) is 226 Å². The maximum Gasteiger partial charge on any atom is 0.243 e. The molecule has 7 aliphatic rings. The number of nitrogens with zero attached hydrogens (tertiary/aromatic N) is 17. The molecule has 0 bridgehead atoms. The molecule has 19 rings (SSSR count). The number of rotatable bonds is 22. The Morgan fingerprint density at radius 2 is 0.612 bits per heavy atom. The van der Waals surface area contributed by atoms with E-state index in [1.54, 1.807) is 0 Å². The molecule has 22 nitrogen and oxygen atoms in total. The molecule has 0 unspecified atom stereocenters. The summed E-state index contributed by atoms with van der Waals surface area (Å²) in [7, 11) is 15.6. The van der Waals surface area contributed by atoms with Crippen molar-refractivity contribution < 1.29 is 22.6 Å². The van der Waals surface area contributed by atoms with Crippen LogP contribution in [0.25, 0.3) is 27.6 Å². The van der Waals surface area contributed by atoms with Gasteiger partial charge < -0.3 is 71.8 Å². The number of quaternary nitrogens is 3. The minimum Gasteiger partial charge on any atom is -0.395 e. The van der Waals surface area contributed by atoms with E-state index < -0.39 is 0 Å². The van der Waals surface area contributed by atoms with Crippen LogP contribution >= 0.6 is 0 Å². The molecule has 10 N–H and O–H groups in total. The second-order valence-electron chi connectivity index (χ2n) is 35.3. The zero-order chi connectivity index (χ0) is 77.0. The van der Waals surface area contributed by atoms with Gasteiger partial charge in [-0.15, -0.1) is 0 Å². The number of piperidine rings is 1. The van der Waals surface area contributed by atoms with Gasteiger partial charge in [0, 0.05) is 54.2 Å². The lowest BCUT2D eigenvalue weighted by Gasteiger charge is -2.37. The maximum atomic E-state index is 6.40. The Morgan fingerprint density at radius 1 is 0.345 bits per heavy atom. The Bertz CT molecular complexity index is 5220. The highest BCUT2D eigenvalue weighted by Gasteiger charge is 2.30. The summed E-state index contributed by atoms with van der Waals surface area (Å²) in [6.07, 6.45) is 50.2. The van der Waals surface area contributed by atoms with Crippen molar-refractivity contribution in [1.29, 1.82) is 0 Å². The van der Waals surface area contributed by atoms with Gasteiger partial charge in [-0.05, 0) is 238 Å². The summed E-state index contributed by atoms with van der Waals surface area (Å²) in [5.41, 5.74) is 61.1. The maximum absolute atomic E-state index is 6.40. The van der Waals surface area contributed by atoms with Crippen molar-refractivity contribution in [1.82, 2.24) is 57.2 Å². The van der Waals surface area contributed by atoms with Crippen molar-refractivity contribution in [3.8, 4) is 0 Å². The molecular formula is C94H145N22+. The largest absolute Gasteiger partial charge is 0.395 e. The van der Waals surface area contributed by atoms with Crippen molar-refractivity contribution in [3.05, 3.63) is 213 Å². The van der Waals surface area contributed by atoms with Crippen LogP contribution in [0.3, 0.4) is 0 Å². The monoisotopic (exact) mass is 1580 g/mol. The van der Waals surface area contributed by atoms with Gasteiger partial charge in [0.05, 0.1) is 193 Å². The standard InChI is InChI=1S/C19H29N4.C18H24N5.C18H27N4.C17H22N5.C17H27N4.CH4.4CH3/c1-23(12-3-2-4-13-23)14-6-8-16-19(20)18-11-10-15-7-5-9-17(15)22(18)21-16;1-21-11-12-22(13-21)10-3-2-6-15-18(19)17-9-8-14-5-4-7-16(14)23(17)20-15;1-22(11-2-3-12-22)13-5-7-15-18(19)17-10-9-14-6-4-8-16(14)21(17)20-15;1-20-10-11-21(12-20)9-3-5-14-17(18)16-8-7-13-4-2-6-15(13)22(16)19-14;1-21(2,3)12-5-4-8-14-17(18)16-11-10-13-7-6-9-15(13)20(16)19-14;;;;;/h10-11H,2-9,12-14,20H2,1H3;8-9,11-13H,2-7,10,19H2,1H3;9-10H,2-8,11-13,19H2,1H3;7-8,10-12H,2-6,9,18H2,1H3;10-11H,4-9,12,18H2,1-3H3;1H4;4*1H3/q5*+1;;4*-1. The lowest BCUT2D eigenvalue weighted by molar-refractivity contribution is -0.914. The Labute approximate surface area is 694 Å². The zero-order valence-electron chi connectivity index (χ0n) is 72.2. The molecule has 14 heterocycles. The number of likely N-dealkylation sites (tertiary alicyclic amines) is 2. The van der Waals surface area contributed by atoms with E-state index in [1.165, 1.54) is 227 Å². The number of aromatic nitrogens is 14. The van der Waals surface area contributed by atoms with E-state index in [-0.39, 0.29) is 37.1 Å². The van der Waals surface area contributed by atoms with Crippen molar-refractivity contribution in [2.75, 3.05) is 110 Å². The number of aryl methyl sites for hydroxylation is 19. The molecule has 0 atom stereocenters. The molecule has 0 saturated carbocycles. The minimum absolute atomic E-state index is 0. The van der Waals surface area contributed by atoms with Gasteiger partial charge in [0.2, 0.25) is 12.7 Å². The number of nitrogens with two attached hydrogens (primary N) is 5. The summed E-state index contributed by atoms with van der Waals surface area (Å²) in [5.74, 6) is 0. The highest BCUT2D eigenvalue weighted by Crippen LogP contribution is 2.34. The molecule has 0 amide bonds. The van der Waals surface area contributed by atoms with Gasteiger partial charge in [-0.25, -0.2) is 40.8 Å². The van der Waals surface area contributed by atoms with Gasteiger partial charge in [-0.3, -0.25) is 0 Å². The molecule has 630 valence electrons. The quantitative estimate of drug-likeness (QED) is 0.0186. The van der Waals surface area contributed by atoms with E-state index in [2.05, 4.69) is 174 Å². The molecule has 12 aromatic rings. The molecular weight excluding hydrogens is 1440 g/mol. The predicted octanol–water partition coefficient (Wildman–Crippen LogP) is 14.1. The summed E-state index contributed by atoms with van der Waals surface area (Å²) < 4.78 is 22.6. The first-order chi connectivity index (χ1) is 53.7. The predicted molar refractivity (Wildman–Crippen MR) is 480 cm³/mol. The number of hydrogen-bond acceptors (Lipinski definition) is 10. The molecule has 0 aromatic carbocycles. The second kappa shape index (κ2) is 38.9. The fourth-order valence-electron chi connectivity index (χ4n) is 19.2. The van der Waals surface area contributed by atoms with E-state index in [0.29, 0.717) is 0 Å². The number of imidazole rings is 2. The van der Waals surface area contributed by atoms with Gasteiger partial charge in [0.15, 0.2) is 0 Å². The molecule has 22 heteroatoms. The Kier molecular flexibility index (Phi) is 29.9. The highest BCUT2D eigenvalue weighted by molar-refractivity contribution is 5.76. The third kappa shape index (κ3) is 19.9. The molecule has 0 radical (unpaired) electrons. The number of hydrogen-bond donors (Lipinski definition) is 5. The number of unbranched alkanes of at least 4 members (excludes halogenated alkanes) is 2. The number of anilines is 5. The normalized spacial score (nSPS) is 15.8. The molecule has 12 aromatic heterocycles. The minimum atomic E-state index is 0. The molecule has 2 aliphatic heterocycles. The van der Waals surface area contributed by atoms with Crippen molar-refractivity contribution >= 4 is 56.0 Å². The van der Waals surface area contributed by atoms with Crippen molar-refractivity contribution in [3.63, 3.8) is 0 Å². The van der Waals surface area contributed by atoms with Crippen LogP contribution in [0.4, 0.5) is 28.4 Å². The molecule has 5 aliphatic carbocycles. The zero-order valence-corrected chi connectivity index (χ0v) is 72.2. The average Bonchev–Trinajstić information content (AvgIpc) is 1.65. The SMILES string of the molecule is C.C[N+](C)(C)CCCCc1nn2c3c(ccc2c1N)CCC3.C[N+]1(CCCc2nn3c4c(ccc3c2N)CCC4)CCCC1.C[N+]1(CCCc2nn3c4c(ccc3c2N)CCC4)CCCCC1.C[n+]1ccn(CCCCc2nn3c4c(ccc3c2N)CCC4)c1.C[n+]1ccn(CCCc2nn3c4c(ccc3c2N)CCC4)c1.[CH3-].[CH3-].[CH3-].[CH3-]. The van der Waals surface area contributed by atoms with E-state index in [0.717, 1.165) is 192 Å². The number of pyridine rings is 5. The molecule has 0 spiro atoms. The van der Waals surface area contributed by atoms with Gasteiger partial charge in [-0.1, -0.05) is 37.8 Å². The third-order valence-corrected chi connectivity index (χ3v) is 25.6. The second-order valence-corrected chi connectivity index (χ2v) is 35.3. The van der Waals surface area contributed by atoms with Gasteiger partial charge in [0.1, 0.15) is 24.8 Å². The lowest BCUT2D eigenvalue weighted by Crippen LogP contribution is -2.48. The van der Waals surface area contributed by atoms with E-state index >= 15 is 0 Å². The summed E-state index contributed by atoms with van der Waals surface area (Å²) in [4.78, 5) is 0. The summed E-state index contributed by atoms with van der Waals surface area (Å²) in [5, 5.41) is 24.1. The smallest absolute Gasteiger partial charge is 0.243 e. The van der Waals surface area contributed by atoms with E-state index in [1.807, 2.05) is 14.1 Å². The van der Waals surface area contributed by atoms with Crippen molar-refractivity contribution in [2.24, 2.45) is 14.1 Å². The van der Waals surface area contributed by atoms with E-state index in [4.69, 9.17) is 54.2 Å². The fourth-order valence-corrected chi connectivity index (χ4v) is 19.2. The van der Waals surface area contributed by atoms with Crippen LogP contribution in [0.15, 0.2) is 98.1 Å². The van der Waals surface area contributed by atoms with Gasteiger partial charge in [0.25, 0.3) is 0 Å². The third-order valence-electron chi connectivity index (χ3n) is 25.6. The van der Waals surface area contributed by atoms with Gasteiger partial charge in [-0.2, -0.15) is 25.5 Å². The Balaban J connectivity index is 0.000000151. The molecule has 116 heavy (non-hydrogen) atoms. The first-order valence-corrected chi connectivity index (χ1v) is 42.6. The molecule has 2 saturated heterocycles. The van der Waals surface area contributed by atoms with Crippen LogP contribution in [-0.4, -0.2) is 152 Å². The van der Waals surface area contributed by atoms with Gasteiger partial charge >= 0.3 is 0 Å². The van der Waals surface area contributed by atoms with Crippen LogP contribution in [0, 0.1) is 29.7 Å². The topological polar surface area (TPSA) is 234 Å². The highest BCUT2D eigenvalue weighted by atomic mass is 15.3. The fraction of sp³-hybridized carbons (Fsp3) is 0.521. The Morgan fingerprint density at radius 3 is 0.897 bits per heavy atom. The summed E-state index contributed by atoms with van der Waals surface area (Å²) in [6.45, 7) is 11.1. The number of nitrogen functional groups attached to an aromatic ring is 5. The van der Waals surface area contributed by atoms with Crippen LogP contribution in [-0.2, 0) is 123 Å². The number of fused-ring (bicyclic) bond motifs is 15. The first kappa shape index (κ1) is 89.1.